The highest BCUT2D eigenvalue weighted by atomic mass is 16.6. The van der Waals surface area contributed by atoms with Crippen molar-refractivity contribution in [1.29, 1.82) is 0 Å². The summed E-state index contributed by atoms with van der Waals surface area (Å²) in [6.07, 6.45) is 60.3. The Bertz CT molecular complexity index is 1170. The van der Waals surface area contributed by atoms with E-state index in [2.05, 4.69) is 93.7 Å². The number of hydrogen-bond acceptors (Lipinski definition) is 6. The Morgan fingerprint density at radius 1 is 0.373 bits per heavy atom. The average molecular weight is 821 g/mol. The van der Waals surface area contributed by atoms with Gasteiger partial charge in [0.25, 0.3) is 0 Å². The van der Waals surface area contributed by atoms with Crippen LogP contribution in [-0.4, -0.2) is 37.2 Å². The van der Waals surface area contributed by atoms with Crippen molar-refractivity contribution in [2.24, 2.45) is 0 Å². The zero-order chi connectivity index (χ0) is 43.0. The van der Waals surface area contributed by atoms with Crippen LogP contribution in [0.15, 0.2) is 85.1 Å². The summed E-state index contributed by atoms with van der Waals surface area (Å²) in [5, 5.41) is 0. The van der Waals surface area contributed by atoms with Crippen LogP contribution < -0.4 is 0 Å². The fourth-order valence-electron chi connectivity index (χ4n) is 6.33. The summed E-state index contributed by atoms with van der Waals surface area (Å²) < 4.78 is 16.6. The van der Waals surface area contributed by atoms with Gasteiger partial charge in [-0.15, -0.1) is 0 Å². The maximum atomic E-state index is 12.7. The molecule has 59 heavy (non-hydrogen) atoms. The van der Waals surface area contributed by atoms with Gasteiger partial charge in [0.2, 0.25) is 0 Å². The Hall–Kier alpha value is -3.41. The molecule has 0 saturated heterocycles. The van der Waals surface area contributed by atoms with E-state index in [0.29, 0.717) is 12.8 Å². The normalized spacial score (nSPS) is 12.8. The van der Waals surface area contributed by atoms with E-state index in [9.17, 15) is 14.4 Å². The lowest BCUT2D eigenvalue weighted by atomic mass is 10.1. The molecular weight excluding hydrogens is 733 g/mol. The highest BCUT2D eigenvalue weighted by Crippen LogP contribution is 2.13. The van der Waals surface area contributed by atoms with Crippen LogP contribution in [0, 0.1) is 0 Å². The van der Waals surface area contributed by atoms with Crippen LogP contribution in [0.3, 0.4) is 0 Å². The van der Waals surface area contributed by atoms with Gasteiger partial charge >= 0.3 is 17.9 Å². The van der Waals surface area contributed by atoms with E-state index in [4.69, 9.17) is 14.2 Å². The number of carbonyl (C=O) groups excluding carboxylic acids is 3. The fraction of sp³-hybridized carbons (Fsp3) is 0.679. The first-order valence-corrected chi connectivity index (χ1v) is 24.1. The Morgan fingerprint density at radius 3 is 1.20 bits per heavy atom. The van der Waals surface area contributed by atoms with Gasteiger partial charge in [-0.3, -0.25) is 14.4 Å². The lowest BCUT2D eigenvalue weighted by Gasteiger charge is -2.18. The molecule has 0 heterocycles. The lowest BCUT2D eigenvalue weighted by Crippen LogP contribution is -2.30. The van der Waals surface area contributed by atoms with Crippen LogP contribution in [-0.2, 0) is 28.6 Å². The molecule has 0 spiro atoms. The summed E-state index contributed by atoms with van der Waals surface area (Å²) in [7, 11) is 0. The van der Waals surface area contributed by atoms with Crippen molar-refractivity contribution < 1.29 is 28.6 Å². The summed E-state index contributed by atoms with van der Waals surface area (Å²) in [6.45, 7) is 6.28. The molecule has 0 aliphatic heterocycles. The van der Waals surface area contributed by atoms with Gasteiger partial charge in [-0.1, -0.05) is 189 Å². The molecular formula is C53H88O6. The molecule has 0 aliphatic carbocycles. The second-order valence-electron chi connectivity index (χ2n) is 15.6. The number of unbranched alkanes of at least 4 members (excludes halogenated alkanes) is 18. The summed E-state index contributed by atoms with van der Waals surface area (Å²) >= 11 is 0. The first-order valence-electron chi connectivity index (χ1n) is 24.1. The van der Waals surface area contributed by atoms with Crippen LogP contribution in [0.4, 0.5) is 0 Å². The molecule has 1 atom stereocenters. The molecule has 0 aliphatic rings. The van der Waals surface area contributed by atoms with E-state index < -0.39 is 12.1 Å². The Balaban J connectivity index is 4.43. The standard InChI is InChI=1S/C53H88O6/c1-4-7-10-13-16-19-21-23-25-27-29-31-34-37-40-43-46-52(55)58-49-50(48-57-51(54)45-42-39-36-33-18-15-12-9-6-3)59-53(56)47-44-41-38-35-32-30-28-26-24-22-20-17-14-11-8-5-2/h7,9-10,12,16,18-19,23,25-26,28,33,39,42,50H,4-6,8,11,13-15,17,20-22,24,27,29-32,34-38,40-41,43-49H2,1-3H3/b10-7-,12-9-,19-16-,25-23-,28-26-,33-18-,42-39-. The molecule has 0 bridgehead atoms. The van der Waals surface area contributed by atoms with Gasteiger partial charge in [0, 0.05) is 12.8 Å². The maximum Gasteiger partial charge on any atom is 0.309 e. The molecule has 0 radical (unpaired) electrons. The zero-order valence-electron chi connectivity index (χ0n) is 38.2. The first kappa shape index (κ1) is 55.6. The third-order valence-corrected chi connectivity index (χ3v) is 9.90. The molecule has 0 N–H and O–H groups in total. The Labute approximate surface area is 363 Å². The van der Waals surface area contributed by atoms with Gasteiger partial charge in [-0.05, 0) is 89.9 Å². The minimum Gasteiger partial charge on any atom is -0.462 e. The van der Waals surface area contributed by atoms with Gasteiger partial charge < -0.3 is 14.2 Å². The quantitative estimate of drug-likeness (QED) is 0.0264. The smallest absolute Gasteiger partial charge is 0.309 e. The molecule has 0 fully saturated rings. The van der Waals surface area contributed by atoms with Gasteiger partial charge in [0.1, 0.15) is 13.2 Å². The van der Waals surface area contributed by atoms with E-state index in [0.717, 1.165) is 103 Å². The van der Waals surface area contributed by atoms with Crippen LogP contribution in [0.2, 0.25) is 0 Å². The minimum atomic E-state index is -0.820. The van der Waals surface area contributed by atoms with Gasteiger partial charge in [-0.25, -0.2) is 0 Å². The molecule has 336 valence electrons. The SMILES string of the molecule is CC/C=C\C/C=C\C/C=C\CCCCCCCCC(=O)OCC(COC(=O)C/C=C\C/C=C\C/C=C\CC)OC(=O)CCCCCCC/C=C\CCCCCCCCC. The van der Waals surface area contributed by atoms with E-state index in [1.807, 2.05) is 6.08 Å². The van der Waals surface area contributed by atoms with Crippen LogP contribution in [0.25, 0.3) is 0 Å². The van der Waals surface area contributed by atoms with E-state index in [1.165, 1.54) is 70.6 Å². The fourth-order valence-corrected chi connectivity index (χ4v) is 6.33. The number of esters is 3. The average Bonchev–Trinajstić information content (AvgIpc) is 3.23. The molecule has 6 heteroatoms. The molecule has 0 amide bonds. The van der Waals surface area contributed by atoms with Gasteiger partial charge in [-0.2, -0.15) is 0 Å². The second kappa shape index (κ2) is 47.3. The molecule has 0 saturated carbocycles. The van der Waals surface area contributed by atoms with Crippen molar-refractivity contribution in [3.05, 3.63) is 85.1 Å². The van der Waals surface area contributed by atoms with Crippen molar-refractivity contribution in [3.63, 3.8) is 0 Å². The predicted molar refractivity (Wildman–Crippen MR) is 251 cm³/mol. The van der Waals surface area contributed by atoms with Gasteiger partial charge in [0.05, 0.1) is 6.42 Å². The summed E-state index contributed by atoms with van der Waals surface area (Å²) in [5.41, 5.74) is 0. The monoisotopic (exact) mass is 821 g/mol. The summed E-state index contributed by atoms with van der Waals surface area (Å²) in [6, 6.07) is 0. The van der Waals surface area contributed by atoms with Crippen molar-refractivity contribution in [3.8, 4) is 0 Å². The highest BCUT2D eigenvalue weighted by Gasteiger charge is 2.19. The molecule has 0 aromatic rings. The number of ether oxygens (including phenoxy) is 3. The van der Waals surface area contributed by atoms with E-state index >= 15 is 0 Å². The Kier molecular flexibility index (Phi) is 44.5. The first-order chi connectivity index (χ1) is 29.0. The number of hydrogen-bond donors (Lipinski definition) is 0. The third-order valence-electron chi connectivity index (χ3n) is 9.90. The highest BCUT2D eigenvalue weighted by molar-refractivity contribution is 5.72. The molecule has 6 nitrogen and oxygen atoms in total. The van der Waals surface area contributed by atoms with Crippen LogP contribution >= 0.6 is 0 Å². The number of rotatable bonds is 42. The molecule has 0 rings (SSSR count). The predicted octanol–water partition coefficient (Wildman–Crippen LogP) is 15.6. The summed E-state index contributed by atoms with van der Waals surface area (Å²) in [4.78, 5) is 37.7. The molecule has 0 aromatic heterocycles. The van der Waals surface area contributed by atoms with E-state index in [1.54, 1.807) is 6.08 Å². The zero-order valence-corrected chi connectivity index (χ0v) is 38.2. The molecule has 0 aromatic carbocycles. The van der Waals surface area contributed by atoms with Crippen molar-refractivity contribution in [1.82, 2.24) is 0 Å². The van der Waals surface area contributed by atoms with Crippen molar-refractivity contribution in [2.75, 3.05) is 13.2 Å². The van der Waals surface area contributed by atoms with Crippen molar-refractivity contribution >= 4 is 17.9 Å². The van der Waals surface area contributed by atoms with Crippen molar-refractivity contribution in [2.45, 2.75) is 219 Å². The summed E-state index contributed by atoms with van der Waals surface area (Å²) in [5.74, 6) is -1.07. The Morgan fingerprint density at radius 2 is 0.729 bits per heavy atom. The number of allylic oxidation sites excluding steroid dienone is 13. The second-order valence-corrected chi connectivity index (χ2v) is 15.6. The van der Waals surface area contributed by atoms with E-state index in [-0.39, 0.29) is 31.6 Å². The molecule has 1 unspecified atom stereocenters. The maximum absolute atomic E-state index is 12.7. The largest absolute Gasteiger partial charge is 0.462 e. The topological polar surface area (TPSA) is 78.9 Å². The van der Waals surface area contributed by atoms with Gasteiger partial charge in [0.15, 0.2) is 6.10 Å². The lowest BCUT2D eigenvalue weighted by molar-refractivity contribution is -0.166. The minimum absolute atomic E-state index is 0.114. The number of carbonyl (C=O) groups is 3. The van der Waals surface area contributed by atoms with Crippen LogP contribution in [0.1, 0.15) is 213 Å². The third kappa shape index (κ3) is 45.5. The van der Waals surface area contributed by atoms with Crippen LogP contribution in [0.5, 0.6) is 0 Å².